The summed E-state index contributed by atoms with van der Waals surface area (Å²) >= 11 is 1.14. The normalized spacial score (nSPS) is 15.6. The van der Waals surface area contributed by atoms with Crippen molar-refractivity contribution < 1.29 is 19.1 Å². The number of nitrogens with zero attached hydrogens (tertiary/aromatic N) is 2. The van der Waals surface area contributed by atoms with E-state index in [9.17, 15) is 14.0 Å². The van der Waals surface area contributed by atoms with E-state index < -0.39 is 5.97 Å². The van der Waals surface area contributed by atoms with Crippen LogP contribution in [0, 0.1) is 11.7 Å². The zero-order valence-electron chi connectivity index (χ0n) is 12.2. The molecule has 3 rings (SSSR count). The highest BCUT2D eigenvalue weighted by Gasteiger charge is 2.27. The van der Waals surface area contributed by atoms with E-state index in [1.54, 1.807) is 0 Å². The van der Waals surface area contributed by atoms with Gasteiger partial charge in [-0.25, -0.2) is 14.2 Å². The molecule has 0 atom stereocenters. The summed E-state index contributed by atoms with van der Waals surface area (Å²) in [5.74, 6) is -1.38. The Morgan fingerprint density at radius 1 is 1.22 bits per heavy atom. The van der Waals surface area contributed by atoms with Gasteiger partial charge in [0.25, 0.3) is 0 Å². The molecule has 0 spiro atoms. The maximum absolute atomic E-state index is 12.9. The summed E-state index contributed by atoms with van der Waals surface area (Å²) < 4.78 is 12.9. The number of ketones is 1. The van der Waals surface area contributed by atoms with Crippen LogP contribution in [0.1, 0.15) is 32.9 Å². The van der Waals surface area contributed by atoms with E-state index in [-0.39, 0.29) is 22.4 Å². The van der Waals surface area contributed by atoms with Gasteiger partial charge in [-0.3, -0.25) is 4.79 Å². The van der Waals surface area contributed by atoms with Crippen molar-refractivity contribution in [1.29, 1.82) is 0 Å². The molecule has 0 saturated carbocycles. The van der Waals surface area contributed by atoms with Crippen molar-refractivity contribution in [3.63, 3.8) is 0 Å². The number of thiazole rings is 1. The first-order valence-electron chi connectivity index (χ1n) is 7.28. The topological polar surface area (TPSA) is 70.5 Å². The van der Waals surface area contributed by atoms with Gasteiger partial charge in [-0.15, -0.1) is 0 Å². The molecule has 1 fully saturated rings. The molecule has 0 amide bonds. The molecule has 2 heterocycles. The molecule has 120 valence electrons. The summed E-state index contributed by atoms with van der Waals surface area (Å²) in [7, 11) is 0. The number of carbonyl (C=O) groups is 2. The van der Waals surface area contributed by atoms with E-state index in [0.717, 1.165) is 11.3 Å². The number of hydrogen-bond acceptors (Lipinski definition) is 5. The molecule has 23 heavy (non-hydrogen) atoms. The molecule has 1 aromatic carbocycles. The van der Waals surface area contributed by atoms with Gasteiger partial charge in [0.05, 0.1) is 6.20 Å². The average molecular weight is 334 g/mol. The smallest absolute Gasteiger partial charge is 0.347 e. The quantitative estimate of drug-likeness (QED) is 0.870. The summed E-state index contributed by atoms with van der Waals surface area (Å²) in [4.78, 5) is 29.7. The minimum atomic E-state index is -0.977. The van der Waals surface area contributed by atoms with Gasteiger partial charge in [-0.1, -0.05) is 11.3 Å². The summed E-state index contributed by atoms with van der Waals surface area (Å²) in [6.45, 7) is 1.31. The number of carbonyl (C=O) groups excluding carboxylic acids is 1. The number of halogens is 1. The fraction of sp³-hybridized carbons (Fsp3) is 0.312. The summed E-state index contributed by atoms with van der Waals surface area (Å²) in [5, 5.41) is 9.61. The van der Waals surface area contributed by atoms with Crippen molar-refractivity contribution in [3.8, 4) is 0 Å². The molecule has 7 heteroatoms. The maximum atomic E-state index is 12.9. The number of benzene rings is 1. The molecule has 0 aliphatic carbocycles. The highest BCUT2D eigenvalue weighted by atomic mass is 32.1. The predicted molar refractivity (Wildman–Crippen MR) is 84.7 cm³/mol. The van der Waals surface area contributed by atoms with Crippen LogP contribution in [-0.4, -0.2) is 34.9 Å². The summed E-state index contributed by atoms with van der Waals surface area (Å²) in [6, 6.07) is 5.63. The minimum Gasteiger partial charge on any atom is -0.477 e. The van der Waals surface area contributed by atoms with Crippen LogP contribution < -0.4 is 4.90 Å². The third kappa shape index (κ3) is 3.39. The highest BCUT2D eigenvalue weighted by molar-refractivity contribution is 7.17. The van der Waals surface area contributed by atoms with E-state index in [0.29, 0.717) is 36.6 Å². The number of Topliss-reactive ketones (excluding diaryl/α,β-unsaturated/α-hetero) is 1. The Labute approximate surface area is 136 Å². The Hall–Kier alpha value is -2.28. The van der Waals surface area contributed by atoms with E-state index in [2.05, 4.69) is 4.98 Å². The van der Waals surface area contributed by atoms with Crippen molar-refractivity contribution in [2.24, 2.45) is 5.92 Å². The Balaban J connectivity index is 1.62. The average Bonchev–Trinajstić information content (AvgIpc) is 3.05. The molecule has 1 aliphatic heterocycles. The van der Waals surface area contributed by atoms with Gasteiger partial charge in [0.2, 0.25) is 0 Å². The zero-order chi connectivity index (χ0) is 16.4. The number of hydrogen-bond donors (Lipinski definition) is 1. The lowest BCUT2D eigenvalue weighted by Gasteiger charge is -2.31. The van der Waals surface area contributed by atoms with Crippen LogP contribution in [0.4, 0.5) is 9.52 Å². The standard InChI is InChI=1S/C16H15FN2O3S/c17-12-3-1-10(2-4-12)14(20)11-5-7-19(8-6-11)16-18-9-13(23-16)15(21)22/h1-4,9,11H,5-8H2,(H,21,22). The second kappa shape index (κ2) is 6.45. The van der Waals surface area contributed by atoms with Gasteiger partial charge in [-0.05, 0) is 37.1 Å². The third-order valence-corrected chi connectivity index (χ3v) is 5.02. The van der Waals surface area contributed by atoms with Crippen LogP contribution in [-0.2, 0) is 0 Å². The Morgan fingerprint density at radius 3 is 2.43 bits per heavy atom. The van der Waals surface area contributed by atoms with Crippen molar-refractivity contribution in [1.82, 2.24) is 4.98 Å². The van der Waals surface area contributed by atoms with Crippen LogP contribution in [0.25, 0.3) is 0 Å². The number of anilines is 1. The van der Waals surface area contributed by atoms with Crippen molar-refractivity contribution in [3.05, 3.63) is 46.7 Å². The maximum Gasteiger partial charge on any atom is 0.347 e. The van der Waals surface area contributed by atoms with E-state index >= 15 is 0 Å². The number of piperidine rings is 1. The van der Waals surface area contributed by atoms with E-state index in [4.69, 9.17) is 5.11 Å². The van der Waals surface area contributed by atoms with Crippen LogP contribution in [0.15, 0.2) is 30.5 Å². The molecule has 5 nitrogen and oxygen atoms in total. The second-order valence-electron chi connectivity index (χ2n) is 5.44. The van der Waals surface area contributed by atoms with E-state index in [1.165, 1.54) is 30.5 Å². The van der Waals surface area contributed by atoms with Gasteiger partial charge in [0.1, 0.15) is 10.7 Å². The number of aromatic nitrogens is 1. The van der Waals surface area contributed by atoms with Crippen molar-refractivity contribution in [2.45, 2.75) is 12.8 Å². The molecular formula is C16H15FN2O3S. The van der Waals surface area contributed by atoms with Crippen LogP contribution in [0.3, 0.4) is 0 Å². The lowest BCUT2D eigenvalue weighted by molar-refractivity contribution is 0.0701. The Morgan fingerprint density at radius 2 is 1.87 bits per heavy atom. The van der Waals surface area contributed by atoms with Crippen molar-refractivity contribution >= 4 is 28.2 Å². The molecule has 1 N–H and O–H groups in total. The molecule has 1 aliphatic rings. The van der Waals surface area contributed by atoms with Crippen LogP contribution >= 0.6 is 11.3 Å². The number of rotatable bonds is 4. The number of carboxylic acid groups (broad SMARTS) is 1. The van der Waals surface area contributed by atoms with Gasteiger partial charge in [-0.2, -0.15) is 0 Å². The Bertz CT molecular complexity index is 721. The SMILES string of the molecule is O=C(O)c1cnc(N2CCC(C(=O)c3ccc(F)cc3)CC2)s1. The fourth-order valence-electron chi connectivity index (χ4n) is 2.69. The molecule has 0 bridgehead atoms. The fourth-order valence-corrected chi connectivity index (χ4v) is 3.50. The predicted octanol–water partition coefficient (Wildman–Crippen LogP) is 3.08. The van der Waals surface area contributed by atoms with Crippen molar-refractivity contribution in [2.75, 3.05) is 18.0 Å². The van der Waals surface area contributed by atoms with Gasteiger partial charge < -0.3 is 10.0 Å². The molecule has 0 radical (unpaired) electrons. The van der Waals surface area contributed by atoms with Gasteiger partial charge >= 0.3 is 5.97 Å². The molecule has 1 saturated heterocycles. The minimum absolute atomic E-state index is 0.0370. The summed E-state index contributed by atoms with van der Waals surface area (Å²) in [6.07, 6.45) is 2.72. The lowest BCUT2D eigenvalue weighted by atomic mass is 9.89. The lowest BCUT2D eigenvalue weighted by Crippen LogP contribution is -2.36. The van der Waals surface area contributed by atoms with Crippen LogP contribution in [0.2, 0.25) is 0 Å². The van der Waals surface area contributed by atoms with E-state index in [1.807, 2.05) is 4.90 Å². The highest BCUT2D eigenvalue weighted by Crippen LogP contribution is 2.28. The second-order valence-corrected chi connectivity index (χ2v) is 6.45. The monoisotopic (exact) mass is 334 g/mol. The first kappa shape index (κ1) is 15.6. The largest absolute Gasteiger partial charge is 0.477 e. The first-order chi connectivity index (χ1) is 11.0. The molecule has 0 unspecified atom stereocenters. The third-order valence-electron chi connectivity index (χ3n) is 3.97. The summed E-state index contributed by atoms with van der Waals surface area (Å²) in [5.41, 5.74) is 0.535. The zero-order valence-corrected chi connectivity index (χ0v) is 13.1. The molecule has 1 aromatic heterocycles. The number of carboxylic acids is 1. The van der Waals surface area contributed by atoms with Gasteiger partial charge in [0, 0.05) is 24.6 Å². The van der Waals surface area contributed by atoms with Gasteiger partial charge in [0.15, 0.2) is 10.9 Å². The number of aromatic carboxylic acids is 1. The Kier molecular flexibility index (Phi) is 4.38. The van der Waals surface area contributed by atoms with Crippen LogP contribution in [0.5, 0.6) is 0 Å². The molecular weight excluding hydrogens is 319 g/mol. The molecule has 2 aromatic rings. The first-order valence-corrected chi connectivity index (χ1v) is 8.10.